The zero-order valence-electron chi connectivity index (χ0n) is 17.5. The predicted molar refractivity (Wildman–Crippen MR) is 121 cm³/mol. The van der Waals surface area contributed by atoms with E-state index in [1.54, 1.807) is 0 Å². The van der Waals surface area contributed by atoms with E-state index in [9.17, 15) is 9.59 Å². The topological polar surface area (TPSA) is 43.9 Å². The normalized spacial score (nSPS) is 14.5. The molecule has 0 radical (unpaired) electrons. The monoisotopic (exact) mass is 401 g/mol. The fourth-order valence-corrected chi connectivity index (χ4v) is 3.99. The Morgan fingerprint density at radius 3 is 2.07 bits per heavy atom. The molecule has 5 nitrogen and oxygen atoms in total. The molecule has 154 valence electrons. The summed E-state index contributed by atoms with van der Waals surface area (Å²) >= 11 is 0. The molecule has 30 heavy (non-hydrogen) atoms. The standard InChI is InChI=1S/C25H27N3O2/c1-26(2)21-13-11-20(12-14-21)24(29)27-15-6-16-28(18-17-27)25(30)23-10-5-8-19-7-3-4-9-22(19)23/h3-5,7-14H,6,15-18H2,1-2H3. The van der Waals surface area contributed by atoms with E-state index in [2.05, 4.69) is 0 Å². The number of fused-ring (bicyclic) bond motifs is 1. The highest BCUT2D eigenvalue weighted by molar-refractivity contribution is 6.07. The Morgan fingerprint density at radius 1 is 0.733 bits per heavy atom. The number of carbonyl (C=O) groups excluding carboxylic acids is 2. The second-order valence-corrected chi connectivity index (χ2v) is 7.91. The van der Waals surface area contributed by atoms with Gasteiger partial charge in [0.05, 0.1) is 0 Å². The van der Waals surface area contributed by atoms with Crippen molar-refractivity contribution in [3.05, 3.63) is 77.9 Å². The molecule has 0 N–H and O–H groups in total. The molecular formula is C25H27N3O2. The molecular weight excluding hydrogens is 374 g/mol. The van der Waals surface area contributed by atoms with Crippen LogP contribution >= 0.6 is 0 Å². The molecule has 0 atom stereocenters. The molecule has 0 spiro atoms. The van der Waals surface area contributed by atoms with Gasteiger partial charge in [0.2, 0.25) is 0 Å². The molecule has 1 fully saturated rings. The van der Waals surface area contributed by atoms with Crippen molar-refractivity contribution in [2.45, 2.75) is 6.42 Å². The van der Waals surface area contributed by atoms with Gasteiger partial charge in [-0.05, 0) is 47.5 Å². The van der Waals surface area contributed by atoms with Gasteiger partial charge in [-0.25, -0.2) is 0 Å². The molecule has 1 aliphatic rings. The van der Waals surface area contributed by atoms with E-state index < -0.39 is 0 Å². The quantitative estimate of drug-likeness (QED) is 0.669. The number of hydrogen-bond acceptors (Lipinski definition) is 3. The third-order valence-electron chi connectivity index (χ3n) is 5.72. The number of rotatable bonds is 3. The number of nitrogens with zero attached hydrogens (tertiary/aromatic N) is 3. The molecule has 1 saturated heterocycles. The Bertz CT molecular complexity index is 1050. The van der Waals surface area contributed by atoms with Gasteiger partial charge in [-0.2, -0.15) is 0 Å². The van der Waals surface area contributed by atoms with Crippen LogP contribution in [0.15, 0.2) is 66.7 Å². The van der Waals surface area contributed by atoms with Crippen LogP contribution in [0.2, 0.25) is 0 Å². The Hall–Kier alpha value is -3.34. The van der Waals surface area contributed by atoms with Gasteiger partial charge in [-0.1, -0.05) is 36.4 Å². The first-order valence-electron chi connectivity index (χ1n) is 10.4. The van der Waals surface area contributed by atoms with Crippen molar-refractivity contribution in [2.75, 3.05) is 45.2 Å². The Balaban J connectivity index is 1.47. The van der Waals surface area contributed by atoms with Gasteiger partial charge in [0.25, 0.3) is 11.8 Å². The van der Waals surface area contributed by atoms with Gasteiger partial charge in [0.1, 0.15) is 0 Å². The third kappa shape index (κ3) is 4.01. The van der Waals surface area contributed by atoms with Gasteiger partial charge in [-0.15, -0.1) is 0 Å². The molecule has 0 aliphatic carbocycles. The maximum atomic E-state index is 13.2. The minimum Gasteiger partial charge on any atom is -0.378 e. The molecule has 0 aromatic heterocycles. The molecule has 3 aromatic carbocycles. The van der Waals surface area contributed by atoms with Crippen LogP contribution in [-0.4, -0.2) is 61.9 Å². The van der Waals surface area contributed by atoms with Crippen LogP contribution in [0.3, 0.4) is 0 Å². The fraction of sp³-hybridized carbons (Fsp3) is 0.280. The largest absolute Gasteiger partial charge is 0.378 e. The Kier molecular flexibility index (Phi) is 5.70. The maximum Gasteiger partial charge on any atom is 0.254 e. The maximum absolute atomic E-state index is 13.2. The van der Waals surface area contributed by atoms with E-state index in [4.69, 9.17) is 0 Å². The molecule has 0 bridgehead atoms. The van der Waals surface area contributed by atoms with Crippen LogP contribution < -0.4 is 4.90 Å². The lowest BCUT2D eigenvalue weighted by Crippen LogP contribution is -2.37. The second kappa shape index (κ2) is 8.57. The molecule has 5 heteroatoms. The number of amides is 2. The third-order valence-corrected chi connectivity index (χ3v) is 5.72. The molecule has 1 aliphatic heterocycles. The lowest BCUT2D eigenvalue weighted by Gasteiger charge is -2.23. The Labute approximate surface area is 177 Å². The Morgan fingerprint density at radius 2 is 1.37 bits per heavy atom. The summed E-state index contributed by atoms with van der Waals surface area (Å²) < 4.78 is 0. The number of anilines is 1. The second-order valence-electron chi connectivity index (χ2n) is 7.91. The van der Waals surface area contributed by atoms with Crippen LogP contribution in [0.25, 0.3) is 10.8 Å². The first-order chi connectivity index (χ1) is 14.5. The van der Waals surface area contributed by atoms with E-state index >= 15 is 0 Å². The predicted octanol–water partition coefficient (Wildman–Crippen LogP) is 3.89. The summed E-state index contributed by atoms with van der Waals surface area (Å²) in [5, 5.41) is 2.04. The first-order valence-corrected chi connectivity index (χ1v) is 10.4. The summed E-state index contributed by atoms with van der Waals surface area (Å²) in [6.07, 6.45) is 0.776. The van der Waals surface area contributed by atoms with Crippen molar-refractivity contribution in [3.8, 4) is 0 Å². The lowest BCUT2D eigenvalue weighted by atomic mass is 10.0. The zero-order chi connectivity index (χ0) is 21.1. The minimum absolute atomic E-state index is 0.0276. The van der Waals surface area contributed by atoms with E-state index in [-0.39, 0.29) is 11.8 Å². The molecule has 0 saturated carbocycles. The van der Waals surface area contributed by atoms with Crippen molar-refractivity contribution in [3.63, 3.8) is 0 Å². The highest BCUT2D eigenvalue weighted by Crippen LogP contribution is 2.21. The average molecular weight is 402 g/mol. The van der Waals surface area contributed by atoms with Gasteiger partial charge in [-0.3, -0.25) is 9.59 Å². The summed E-state index contributed by atoms with van der Waals surface area (Å²) in [6.45, 7) is 2.41. The van der Waals surface area contributed by atoms with Crippen LogP contribution in [0, 0.1) is 0 Å². The summed E-state index contributed by atoms with van der Waals surface area (Å²) in [6, 6.07) is 21.5. The van der Waals surface area contributed by atoms with Crippen molar-refractivity contribution in [1.82, 2.24) is 9.80 Å². The zero-order valence-corrected chi connectivity index (χ0v) is 17.5. The summed E-state index contributed by atoms with van der Waals surface area (Å²) in [4.78, 5) is 31.9. The number of carbonyl (C=O) groups is 2. The van der Waals surface area contributed by atoms with Crippen LogP contribution in [0.5, 0.6) is 0 Å². The van der Waals surface area contributed by atoms with E-state index in [1.807, 2.05) is 95.5 Å². The first kappa shape index (κ1) is 20.0. The highest BCUT2D eigenvalue weighted by Gasteiger charge is 2.24. The molecule has 2 amide bonds. The SMILES string of the molecule is CN(C)c1ccc(C(=O)N2CCCN(C(=O)c3cccc4ccccc34)CC2)cc1. The fourth-order valence-electron chi connectivity index (χ4n) is 3.99. The van der Waals surface area contributed by atoms with Crippen LogP contribution in [0.1, 0.15) is 27.1 Å². The van der Waals surface area contributed by atoms with Gasteiger partial charge in [0, 0.05) is 57.1 Å². The van der Waals surface area contributed by atoms with Gasteiger partial charge in [0.15, 0.2) is 0 Å². The number of benzene rings is 3. The van der Waals surface area contributed by atoms with Crippen molar-refractivity contribution in [1.29, 1.82) is 0 Å². The minimum atomic E-state index is 0.0276. The molecule has 4 rings (SSSR count). The van der Waals surface area contributed by atoms with Crippen molar-refractivity contribution in [2.24, 2.45) is 0 Å². The summed E-state index contributed by atoms with van der Waals surface area (Å²) in [7, 11) is 3.96. The summed E-state index contributed by atoms with van der Waals surface area (Å²) in [5.41, 5.74) is 2.48. The van der Waals surface area contributed by atoms with Gasteiger partial charge >= 0.3 is 0 Å². The summed E-state index contributed by atoms with van der Waals surface area (Å²) in [5.74, 6) is 0.0659. The number of hydrogen-bond donors (Lipinski definition) is 0. The van der Waals surface area contributed by atoms with E-state index in [0.717, 1.165) is 28.4 Å². The van der Waals surface area contributed by atoms with Crippen LogP contribution in [0.4, 0.5) is 5.69 Å². The van der Waals surface area contributed by atoms with E-state index in [1.165, 1.54) is 0 Å². The molecule has 3 aromatic rings. The molecule has 0 unspecified atom stereocenters. The highest BCUT2D eigenvalue weighted by atomic mass is 16.2. The van der Waals surface area contributed by atoms with Crippen molar-refractivity contribution >= 4 is 28.3 Å². The lowest BCUT2D eigenvalue weighted by molar-refractivity contribution is 0.0719. The van der Waals surface area contributed by atoms with Crippen molar-refractivity contribution < 1.29 is 9.59 Å². The average Bonchev–Trinajstić information content (AvgIpc) is 3.04. The smallest absolute Gasteiger partial charge is 0.254 e. The van der Waals surface area contributed by atoms with E-state index in [0.29, 0.717) is 31.7 Å². The van der Waals surface area contributed by atoms with Crippen LogP contribution in [-0.2, 0) is 0 Å². The van der Waals surface area contributed by atoms with Gasteiger partial charge < -0.3 is 14.7 Å². The molecule has 1 heterocycles.